The SMILES string of the molecule is CC(=O)OC[C@H]1C=C(OC(C)=O)[C@@H](COC(C)=O)[C@H]2C(=O)OC(=O)[C@H]21. The topological polar surface area (TPSA) is 122 Å². The molecule has 9 nitrogen and oxygen atoms in total. The van der Waals surface area contributed by atoms with E-state index in [-0.39, 0.29) is 19.0 Å². The molecule has 0 aromatic carbocycles. The molecule has 1 fully saturated rings. The van der Waals surface area contributed by atoms with Crippen LogP contribution < -0.4 is 0 Å². The predicted octanol–water partition coefficient (Wildman–Crippen LogP) is 0.121. The molecule has 0 unspecified atom stereocenters. The van der Waals surface area contributed by atoms with Crippen LogP contribution in [0, 0.1) is 23.7 Å². The van der Waals surface area contributed by atoms with Gasteiger partial charge in [-0.3, -0.25) is 24.0 Å². The van der Waals surface area contributed by atoms with Gasteiger partial charge in [0.25, 0.3) is 0 Å². The van der Waals surface area contributed by atoms with Crippen LogP contribution in [-0.2, 0) is 42.9 Å². The molecule has 1 aliphatic heterocycles. The predicted molar refractivity (Wildman–Crippen MR) is 78.2 cm³/mol. The molecule has 0 aromatic heterocycles. The summed E-state index contributed by atoms with van der Waals surface area (Å²) in [5, 5.41) is 0. The first-order valence-corrected chi connectivity index (χ1v) is 7.63. The third-order valence-electron chi connectivity index (χ3n) is 3.98. The summed E-state index contributed by atoms with van der Waals surface area (Å²) in [7, 11) is 0. The molecule has 1 saturated heterocycles. The molecular formula is C16H18O9. The summed E-state index contributed by atoms with van der Waals surface area (Å²) < 4.78 is 19.7. The maximum Gasteiger partial charge on any atom is 0.318 e. The Bertz CT molecular complexity index is 648. The lowest BCUT2D eigenvalue weighted by molar-refractivity contribution is -0.156. The van der Waals surface area contributed by atoms with Gasteiger partial charge in [-0.15, -0.1) is 0 Å². The first-order valence-electron chi connectivity index (χ1n) is 7.63. The van der Waals surface area contributed by atoms with Crippen LogP contribution in [0.2, 0.25) is 0 Å². The molecule has 2 rings (SSSR count). The molecule has 0 saturated carbocycles. The van der Waals surface area contributed by atoms with E-state index in [4.69, 9.17) is 18.9 Å². The summed E-state index contributed by atoms with van der Waals surface area (Å²) in [5.41, 5.74) is 0. The van der Waals surface area contributed by atoms with Gasteiger partial charge < -0.3 is 18.9 Å². The highest BCUT2D eigenvalue weighted by atomic mass is 16.6. The van der Waals surface area contributed by atoms with E-state index in [0.717, 1.165) is 0 Å². The Kier molecular flexibility index (Phi) is 5.55. The number of fused-ring (bicyclic) bond motifs is 1. The van der Waals surface area contributed by atoms with E-state index in [1.165, 1.54) is 26.8 Å². The monoisotopic (exact) mass is 354 g/mol. The highest BCUT2D eigenvalue weighted by Gasteiger charge is 2.56. The second-order valence-corrected chi connectivity index (χ2v) is 5.83. The van der Waals surface area contributed by atoms with E-state index in [1.54, 1.807) is 0 Å². The highest BCUT2D eigenvalue weighted by molar-refractivity contribution is 5.97. The van der Waals surface area contributed by atoms with Crippen molar-refractivity contribution in [3.05, 3.63) is 11.8 Å². The van der Waals surface area contributed by atoms with E-state index < -0.39 is 53.5 Å². The summed E-state index contributed by atoms with van der Waals surface area (Å²) in [4.78, 5) is 57.7. The van der Waals surface area contributed by atoms with Crippen molar-refractivity contribution in [3.63, 3.8) is 0 Å². The second-order valence-electron chi connectivity index (χ2n) is 5.83. The number of ether oxygens (including phenoxy) is 4. The van der Waals surface area contributed by atoms with Gasteiger partial charge in [0.15, 0.2) is 0 Å². The molecule has 0 N–H and O–H groups in total. The lowest BCUT2D eigenvalue weighted by atomic mass is 9.71. The minimum atomic E-state index is -0.994. The summed E-state index contributed by atoms with van der Waals surface area (Å²) in [6.07, 6.45) is 1.44. The Balaban J connectivity index is 2.38. The minimum Gasteiger partial charge on any atom is -0.465 e. The second kappa shape index (κ2) is 7.45. The Hall–Kier alpha value is -2.71. The molecule has 0 amide bonds. The molecule has 1 aliphatic carbocycles. The largest absolute Gasteiger partial charge is 0.465 e. The van der Waals surface area contributed by atoms with Crippen molar-refractivity contribution in [2.45, 2.75) is 20.8 Å². The molecule has 0 spiro atoms. The zero-order valence-electron chi connectivity index (χ0n) is 14.0. The Morgan fingerprint density at radius 3 is 2.04 bits per heavy atom. The smallest absolute Gasteiger partial charge is 0.318 e. The van der Waals surface area contributed by atoms with Crippen LogP contribution in [0.3, 0.4) is 0 Å². The minimum absolute atomic E-state index is 0.0822. The number of hydrogen-bond donors (Lipinski definition) is 0. The third kappa shape index (κ3) is 4.23. The third-order valence-corrected chi connectivity index (χ3v) is 3.98. The fourth-order valence-corrected chi connectivity index (χ4v) is 3.03. The zero-order valence-corrected chi connectivity index (χ0v) is 14.0. The molecule has 0 radical (unpaired) electrons. The van der Waals surface area contributed by atoms with Gasteiger partial charge in [-0.05, 0) is 6.08 Å². The fraction of sp³-hybridized carbons (Fsp3) is 0.562. The van der Waals surface area contributed by atoms with Crippen molar-refractivity contribution in [2.24, 2.45) is 23.7 Å². The summed E-state index contributed by atoms with van der Waals surface area (Å²) in [6, 6.07) is 0. The van der Waals surface area contributed by atoms with Gasteiger partial charge in [0.05, 0.1) is 24.4 Å². The van der Waals surface area contributed by atoms with Crippen LogP contribution in [0.1, 0.15) is 20.8 Å². The lowest BCUT2D eigenvalue weighted by Gasteiger charge is -2.33. The van der Waals surface area contributed by atoms with Crippen LogP contribution in [0.4, 0.5) is 0 Å². The fourth-order valence-electron chi connectivity index (χ4n) is 3.03. The number of carbonyl (C=O) groups excluding carboxylic acids is 5. The van der Waals surface area contributed by atoms with Crippen LogP contribution in [0.25, 0.3) is 0 Å². The van der Waals surface area contributed by atoms with Crippen LogP contribution in [-0.4, -0.2) is 43.1 Å². The number of rotatable bonds is 5. The Labute approximate surface area is 143 Å². The average molecular weight is 354 g/mol. The van der Waals surface area contributed by atoms with Gasteiger partial charge in [0.1, 0.15) is 12.4 Å². The first kappa shape index (κ1) is 18.6. The molecule has 0 bridgehead atoms. The number of cyclic esters (lactones) is 2. The highest BCUT2D eigenvalue weighted by Crippen LogP contribution is 2.44. The molecule has 4 atom stereocenters. The number of carbonyl (C=O) groups is 5. The molecule has 136 valence electrons. The van der Waals surface area contributed by atoms with Gasteiger partial charge in [-0.2, -0.15) is 0 Å². The van der Waals surface area contributed by atoms with E-state index in [0.29, 0.717) is 0 Å². The summed E-state index contributed by atoms with van der Waals surface area (Å²) in [5.74, 6) is -6.69. The normalized spacial score (nSPS) is 27.7. The standard InChI is InChI=1S/C16H18O9/c1-7(17)22-5-10-4-12(24-9(3)19)11(6-23-8(2)18)14-13(10)15(20)25-16(14)21/h4,10-11,13-14H,5-6H2,1-3H3/t10-,11-,13+,14-/m1/s1. The van der Waals surface area contributed by atoms with Crippen molar-refractivity contribution >= 4 is 29.8 Å². The van der Waals surface area contributed by atoms with Crippen molar-refractivity contribution < 1.29 is 42.9 Å². The first-order chi connectivity index (χ1) is 11.7. The maximum absolute atomic E-state index is 12.1. The van der Waals surface area contributed by atoms with E-state index in [1.807, 2.05) is 0 Å². The van der Waals surface area contributed by atoms with Gasteiger partial charge in [0.2, 0.25) is 0 Å². The average Bonchev–Trinajstić information content (AvgIpc) is 2.78. The summed E-state index contributed by atoms with van der Waals surface area (Å²) in [6.45, 7) is 3.15. The van der Waals surface area contributed by atoms with Crippen molar-refractivity contribution in [1.29, 1.82) is 0 Å². The van der Waals surface area contributed by atoms with E-state index in [9.17, 15) is 24.0 Å². The molecule has 0 aromatic rings. The molecular weight excluding hydrogens is 336 g/mol. The van der Waals surface area contributed by atoms with Crippen molar-refractivity contribution in [1.82, 2.24) is 0 Å². The number of hydrogen-bond acceptors (Lipinski definition) is 9. The molecule has 1 heterocycles. The van der Waals surface area contributed by atoms with E-state index in [2.05, 4.69) is 0 Å². The van der Waals surface area contributed by atoms with E-state index >= 15 is 0 Å². The molecule has 25 heavy (non-hydrogen) atoms. The molecule has 2 aliphatic rings. The van der Waals surface area contributed by atoms with Crippen LogP contribution in [0.5, 0.6) is 0 Å². The van der Waals surface area contributed by atoms with Crippen molar-refractivity contribution in [2.75, 3.05) is 13.2 Å². The number of esters is 5. The summed E-state index contributed by atoms with van der Waals surface area (Å²) >= 11 is 0. The lowest BCUT2D eigenvalue weighted by Crippen LogP contribution is -2.41. The van der Waals surface area contributed by atoms with Crippen LogP contribution >= 0.6 is 0 Å². The Morgan fingerprint density at radius 2 is 1.48 bits per heavy atom. The van der Waals surface area contributed by atoms with Gasteiger partial charge >= 0.3 is 29.8 Å². The van der Waals surface area contributed by atoms with Gasteiger partial charge in [-0.25, -0.2) is 0 Å². The van der Waals surface area contributed by atoms with Crippen molar-refractivity contribution in [3.8, 4) is 0 Å². The van der Waals surface area contributed by atoms with Gasteiger partial charge in [0, 0.05) is 26.7 Å². The maximum atomic E-state index is 12.1. The van der Waals surface area contributed by atoms with Gasteiger partial charge in [-0.1, -0.05) is 0 Å². The quantitative estimate of drug-likeness (QED) is 0.385. The van der Waals surface area contributed by atoms with Crippen LogP contribution in [0.15, 0.2) is 11.8 Å². The molecule has 9 heteroatoms. The Morgan fingerprint density at radius 1 is 0.920 bits per heavy atom. The zero-order chi connectivity index (χ0) is 18.7.